The lowest BCUT2D eigenvalue weighted by molar-refractivity contribution is 0.0176. The van der Waals surface area contributed by atoms with E-state index in [0.717, 1.165) is 0 Å². The van der Waals surface area contributed by atoms with E-state index in [1.807, 2.05) is 0 Å². The van der Waals surface area contributed by atoms with E-state index in [-0.39, 0.29) is 6.61 Å². The molecule has 1 N–H and O–H groups in total. The highest BCUT2D eigenvalue weighted by Crippen LogP contribution is 2.04. The fourth-order valence-electron chi connectivity index (χ4n) is 1.18. The number of nitrogens with zero attached hydrogens (tertiary/aromatic N) is 2. The average Bonchev–Trinajstić information content (AvgIpc) is 2.46. The van der Waals surface area contributed by atoms with Gasteiger partial charge < -0.3 is 24.1 Å². The highest BCUT2D eigenvalue weighted by molar-refractivity contribution is 5.10. The Morgan fingerprint density at radius 3 is 2.21 bits per heavy atom. The summed E-state index contributed by atoms with van der Waals surface area (Å²) in [6.07, 6.45) is 0. The lowest BCUT2D eigenvalue weighted by Crippen LogP contribution is -2.12. The molecule has 7 nitrogen and oxygen atoms in total. The molecule has 7 heteroatoms. The molecule has 0 aromatic carbocycles. The predicted octanol–water partition coefficient (Wildman–Crippen LogP) is 0.0273. The van der Waals surface area contributed by atoms with Gasteiger partial charge in [-0.2, -0.15) is 0 Å². The molecule has 0 radical (unpaired) electrons. The lowest BCUT2D eigenvalue weighted by Gasteiger charge is -2.06. The van der Waals surface area contributed by atoms with Gasteiger partial charge in [0.15, 0.2) is 0 Å². The summed E-state index contributed by atoms with van der Waals surface area (Å²) in [4.78, 5) is 0. The zero-order chi connectivity index (χ0) is 13.8. The van der Waals surface area contributed by atoms with Gasteiger partial charge in [-0.05, 0) is 6.07 Å². The first-order chi connectivity index (χ1) is 9.36. The van der Waals surface area contributed by atoms with E-state index in [2.05, 4.69) is 10.2 Å². The molecule has 0 unspecified atom stereocenters. The minimum atomic E-state index is -0.126. The number of hydrogen-bond acceptors (Lipinski definition) is 7. The number of ether oxygens (including phenoxy) is 4. The van der Waals surface area contributed by atoms with Gasteiger partial charge in [0, 0.05) is 13.2 Å². The van der Waals surface area contributed by atoms with Crippen LogP contribution in [0.2, 0.25) is 0 Å². The van der Waals surface area contributed by atoms with E-state index in [9.17, 15) is 0 Å². The molecule has 1 rings (SSSR count). The second-order valence-corrected chi connectivity index (χ2v) is 3.59. The van der Waals surface area contributed by atoms with E-state index in [1.165, 1.54) is 0 Å². The van der Waals surface area contributed by atoms with Gasteiger partial charge in [-0.1, -0.05) is 0 Å². The van der Waals surface area contributed by atoms with Crippen LogP contribution in [0, 0.1) is 0 Å². The van der Waals surface area contributed by atoms with E-state index in [0.29, 0.717) is 51.2 Å². The van der Waals surface area contributed by atoms with Crippen molar-refractivity contribution in [3.63, 3.8) is 0 Å². The molecule has 0 bridgehead atoms. The second kappa shape index (κ2) is 10.6. The summed E-state index contributed by atoms with van der Waals surface area (Å²) in [7, 11) is 1.63. The van der Waals surface area contributed by atoms with Crippen LogP contribution in [-0.2, 0) is 20.8 Å². The molecule has 19 heavy (non-hydrogen) atoms. The van der Waals surface area contributed by atoms with E-state index >= 15 is 0 Å². The van der Waals surface area contributed by atoms with Crippen LogP contribution in [0.5, 0.6) is 5.88 Å². The number of aliphatic hydroxyl groups is 1. The Balaban J connectivity index is 1.95. The quantitative estimate of drug-likeness (QED) is 0.569. The average molecular weight is 272 g/mol. The number of rotatable bonds is 11. The van der Waals surface area contributed by atoms with Crippen molar-refractivity contribution >= 4 is 0 Å². The maximum absolute atomic E-state index is 8.80. The van der Waals surface area contributed by atoms with Crippen molar-refractivity contribution in [2.45, 2.75) is 6.61 Å². The van der Waals surface area contributed by atoms with Crippen LogP contribution in [0.1, 0.15) is 5.69 Å². The highest BCUT2D eigenvalue weighted by Gasteiger charge is 1.97. The van der Waals surface area contributed by atoms with Crippen LogP contribution in [0.3, 0.4) is 0 Å². The first-order valence-electron chi connectivity index (χ1n) is 6.07. The van der Waals surface area contributed by atoms with Gasteiger partial charge in [-0.15, -0.1) is 10.2 Å². The van der Waals surface area contributed by atoms with Gasteiger partial charge >= 0.3 is 0 Å². The molecule has 0 saturated heterocycles. The van der Waals surface area contributed by atoms with Crippen molar-refractivity contribution in [1.82, 2.24) is 10.2 Å². The van der Waals surface area contributed by atoms with Crippen molar-refractivity contribution in [2.24, 2.45) is 0 Å². The third kappa shape index (κ3) is 7.68. The Morgan fingerprint density at radius 1 is 0.947 bits per heavy atom. The van der Waals surface area contributed by atoms with Crippen LogP contribution in [0.4, 0.5) is 0 Å². The van der Waals surface area contributed by atoms with Crippen molar-refractivity contribution in [3.05, 3.63) is 17.8 Å². The monoisotopic (exact) mass is 272 g/mol. The molecular formula is C12H20N2O5. The van der Waals surface area contributed by atoms with Crippen LogP contribution >= 0.6 is 0 Å². The Bertz CT molecular complexity index is 320. The molecule has 108 valence electrons. The van der Waals surface area contributed by atoms with Crippen LogP contribution in [0.15, 0.2) is 12.1 Å². The van der Waals surface area contributed by atoms with Crippen LogP contribution in [-0.4, -0.2) is 62.1 Å². The maximum atomic E-state index is 8.80. The minimum Gasteiger partial charge on any atom is -0.474 e. The molecule has 1 heterocycles. The summed E-state index contributed by atoms with van der Waals surface area (Å²) in [6, 6.07) is 3.32. The fourth-order valence-corrected chi connectivity index (χ4v) is 1.18. The predicted molar refractivity (Wildman–Crippen MR) is 67.0 cm³/mol. The number of aliphatic hydroxyl groups excluding tert-OH is 1. The van der Waals surface area contributed by atoms with Crippen LogP contribution < -0.4 is 4.74 Å². The largest absolute Gasteiger partial charge is 0.474 e. The van der Waals surface area contributed by atoms with E-state index in [4.69, 9.17) is 24.1 Å². The first kappa shape index (κ1) is 15.8. The van der Waals surface area contributed by atoms with Crippen molar-refractivity contribution in [2.75, 3.05) is 46.8 Å². The van der Waals surface area contributed by atoms with Gasteiger partial charge in [-0.25, -0.2) is 0 Å². The Hall–Kier alpha value is -1.28. The van der Waals surface area contributed by atoms with Gasteiger partial charge in [-0.3, -0.25) is 0 Å². The van der Waals surface area contributed by atoms with Gasteiger partial charge in [0.25, 0.3) is 0 Å². The number of hydrogen-bond donors (Lipinski definition) is 1. The third-order valence-electron chi connectivity index (χ3n) is 2.14. The molecule has 1 aromatic rings. The molecule has 0 aliphatic rings. The fraction of sp³-hybridized carbons (Fsp3) is 0.667. The topological polar surface area (TPSA) is 82.9 Å². The normalized spacial score (nSPS) is 10.6. The summed E-state index contributed by atoms with van der Waals surface area (Å²) in [6.45, 7) is 2.94. The number of methoxy groups -OCH3 is 1. The summed E-state index contributed by atoms with van der Waals surface area (Å²) < 4.78 is 20.7. The Morgan fingerprint density at radius 2 is 1.63 bits per heavy atom. The summed E-state index contributed by atoms with van der Waals surface area (Å²) in [5, 5.41) is 16.3. The Kier molecular flexibility index (Phi) is 8.82. The summed E-state index contributed by atoms with van der Waals surface area (Å²) >= 11 is 0. The van der Waals surface area contributed by atoms with Gasteiger partial charge in [0.05, 0.1) is 45.3 Å². The zero-order valence-electron chi connectivity index (χ0n) is 11.1. The molecule has 1 aromatic heterocycles. The molecule has 0 amide bonds. The standard InChI is InChI=1S/C12H20N2O5/c1-16-4-5-17-6-7-18-8-9-19-12-3-2-11(10-15)13-14-12/h2-3,15H,4-10H2,1H3. The maximum Gasteiger partial charge on any atom is 0.233 e. The second-order valence-electron chi connectivity index (χ2n) is 3.59. The van der Waals surface area contributed by atoms with Gasteiger partial charge in [0.2, 0.25) is 5.88 Å². The van der Waals surface area contributed by atoms with E-state index in [1.54, 1.807) is 19.2 Å². The molecular weight excluding hydrogens is 252 g/mol. The van der Waals surface area contributed by atoms with Crippen molar-refractivity contribution in [3.8, 4) is 5.88 Å². The smallest absolute Gasteiger partial charge is 0.233 e. The van der Waals surface area contributed by atoms with Crippen molar-refractivity contribution < 1.29 is 24.1 Å². The van der Waals surface area contributed by atoms with Crippen molar-refractivity contribution in [1.29, 1.82) is 0 Å². The lowest BCUT2D eigenvalue weighted by atomic mass is 10.4. The molecule has 0 spiro atoms. The molecule has 0 aliphatic heterocycles. The molecule has 0 fully saturated rings. The summed E-state index contributed by atoms with van der Waals surface area (Å²) in [5.41, 5.74) is 0.511. The Labute approximate surface area is 112 Å². The number of aromatic nitrogens is 2. The minimum absolute atomic E-state index is 0.126. The summed E-state index contributed by atoms with van der Waals surface area (Å²) in [5.74, 6) is 0.414. The SMILES string of the molecule is COCCOCCOCCOc1ccc(CO)nn1. The molecule has 0 atom stereocenters. The van der Waals surface area contributed by atoms with Gasteiger partial charge in [0.1, 0.15) is 6.61 Å². The molecule has 0 aliphatic carbocycles. The first-order valence-corrected chi connectivity index (χ1v) is 6.07. The zero-order valence-corrected chi connectivity index (χ0v) is 11.1. The molecule has 0 saturated carbocycles. The van der Waals surface area contributed by atoms with Crippen LogP contribution in [0.25, 0.3) is 0 Å². The van der Waals surface area contributed by atoms with E-state index < -0.39 is 0 Å². The highest BCUT2D eigenvalue weighted by atomic mass is 16.6. The third-order valence-corrected chi connectivity index (χ3v) is 2.14.